The van der Waals surface area contributed by atoms with Crippen LogP contribution in [0.3, 0.4) is 0 Å². The maximum atomic E-state index is 13.5. The van der Waals surface area contributed by atoms with Gasteiger partial charge in [-0.2, -0.15) is 18.2 Å². The number of rotatable bonds is 4. The lowest BCUT2D eigenvalue weighted by Crippen LogP contribution is -2.26. The number of halogens is 3. The van der Waals surface area contributed by atoms with Gasteiger partial charge in [-0.3, -0.25) is 0 Å². The number of aromatic nitrogens is 2. The highest BCUT2D eigenvalue weighted by Gasteiger charge is 2.37. The van der Waals surface area contributed by atoms with E-state index in [9.17, 15) is 13.2 Å². The van der Waals surface area contributed by atoms with Crippen molar-refractivity contribution in [3.63, 3.8) is 0 Å². The molecule has 0 saturated heterocycles. The Labute approximate surface area is 163 Å². The fourth-order valence-electron chi connectivity index (χ4n) is 3.49. The minimum atomic E-state index is -4.56. The second-order valence-electron chi connectivity index (χ2n) is 8.23. The molecule has 1 heterocycles. The summed E-state index contributed by atoms with van der Waals surface area (Å²) in [5.74, 6) is 0.325. The Morgan fingerprint density at radius 1 is 1.04 bits per heavy atom. The number of hydrogen-bond donors (Lipinski definition) is 0. The van der Waals surface area contributed by atoms with Crippen LogP contribution in [-0.4, -0.2) is 22.6 Å². The molecule has 7 heteroatoms. The fraction of sp³-hybridized carbons (Fsp3) is 0.524. The predicted octanol–water partition coefficient (Wildman–Crippen LogP) is 6.10. The first-order valence-electron chi connectivity index (χ1n) is 9.51. The molecule has 3 rings (SSSR count). The zero-order valence-electron chi connectivity index (χ0n) is 16.7. The first-order chi connectivity index (χ1) is 13.0. The van der Waals surface area contributed by atoms with Crippen molar-refractivity contribution in [1.82, 2.24) is 9.97 Å². The smallest absolute Gasteiger partial charge is 0.421 e. The Hall–Kier alpha value is -2.31. The second kappa shape index (κ2) is 7.60. The molecule has 1 aliphatic carbocycles. The van der Waals surface area contributed by atoms with Gasteiger partial charge >= 0.3 is 12.2 Å². The van der Waals surface area contributed by atoms with Gasteiger partial charge in [-0.1, -0.05) is 25.0 Å². The van der Waals surface area contributed by atoms with E-state index >= 15 is 0 Å². The predicted molar refractivity (Wildman–Crippen MR) is 103 cm³/mol. The topological polar surface area (TPSA) is 38.2 Å². The van der Waals surface area contributed by atoms with E-state index in [1.807, 2.05) is 24.3 Å². The van der Waals surface area contributed by atoms with Gasteiger partial charge in [-0.25, -0.2) is 4.98 Å². The van der Waals surface area contributed by atoms with E-state index in [0.29, 0.717) is 11.6 Å². The molecule has 4 nitrogen and oxygen atoms in total. The molecule has 0 N–H and O–H groups in total. The third-order valence-corrected chi connectivity index (χ3v) is 4.87. The van der Waals surface area contributed by atoms with Gasteiger partial charge in [0.05, 0.1) is 0 Å². The Bertz CT molecular complexity index is 807. The Kier molecular flexibility index (Phi) is 5.55. The van der Waals surface area contributed by atoms with Crippen LogP contribution in [0.15, 0.2) is 30.5 Å². The zero-order valence-corrected chi connectivity index (χ0v) is 16.7. The monoisotopic (exact) mass is 393 g/mol. The highest BCUT2D eigenvalue weighted by molar-refractivity contribution is 5.63. The van der Waals surface area contributed by atoms with E-state index in [0.717, 1.165) is 6.20 Å². The van der Waals surface area contributed by atoms with E-state index in [2.05, 4.69) is 9.97 Å². The van der Waals surface area contributed by atoms with E-state index < -0.39 is 17.3 Å². The summed E-state index contributed by atoms with van der Waals surface area (Å²) in [6.07, 6.45) is 1.04. The van der Waals surface area contributed by atoms with Crippen LogP contribution in [0.1, 0.15) is 63.5 Å². The maximum absolute atomic E-state index is 13.5. The number of hydrogen-bond acceptors (Lipinski definition) is 4. The standard InChI is InChI=1S/C21H26F3N3O/c1-20(2,3)28-19-25-13-17(21(22,23)24)18(26-19)27(4)16-11-9-15(10-12-16)14-7-5-6-8-14/h9-14H,5-8H2,1-4H3. The molecule has 0 spiro atoms. The normalized spacial score (nSPS) is 15.7. The molecule has 1 aliphatic rings. The van der Waals surface area contributed by atoms with Crippen LogP contribution in [0.2, 0.25) is 0 Å². The van der Waals surface area contributed by atoms with Gasteiger partial charge in [0, 0.05) is 18.9 Å². The van der Waals surface area contributed by atoms with Crippen LogP contribution in [-0.2, 0) is 6.18 Å². The Morgan fingerprint density at radius 2 is 1.64 bits per heavy atom. The molecule has 1 aromatic heterocycles. The van der Waals surface area contributed by atoms with Gasteiger partial charge in [0.25, 0.3) is 0 Å². The average Bonchev–Trinajstić information content (AvgIpc) is 3.13. The Morgan fingerprint density at radius 3 is 2.18 bits per heavy atom. The summed E-state index contributed by atoms with van der Waals surface area (Å²) < 4.78 is 46.1. The van der Waals surface area contributed by atoms with Gasteiger partial charge in [-0.15, -0.1) is 0 Å². The molecule has 0 unspecified atom stereocenters. The Balaban J connectivity index is 1.93. The fourth-order valence-corrected chi connectivity index (χ4v) is 3.49. The molecule has 152 valence electrons. The number of benzene rings is 1. The summed E-state index contributed by atoms with van der Waals surface area (Å²) in [6.45, 7) is 5.37. The van der Waals surface area contributed by atoms with Crippen molar-refractivity contribution in [2.45, 2.75) is 64.1 Å². The largest absolute Gasteiger partial charge is 0.458 e. The van der Waals surface area contributed by atoms with Crippen molar-refractivity contribution in [2.75, 3.05) is 11.9 Å². The van der Waals surface area contributed by atoms with Crippen molar-refractivity contribution < 1.29 is 17.9 Å². The number of anilines is 2. The molecule has 2 aromatic rings. The van der Waals surface area contributed by atoms with Crippen molar-refractivity contribution in [3.8, 4) is 6.01 Å². The van der Waals surface area contributed by atoms with Crippen molar-refractivity contribution in [3.05, 3.63) is 41.6 Å². The SMILES string of the molecule is CN(c1ccc(C2CCCC2)cc1)c1nc(OC(C)(C)C)ncc1C(F)(F)F. The lowest BCUT2D eigenvalue weighted by molar-refractivity contribution is -0.137. The lowest BCUT2D eigenvalue weighted by atomic mass is 9.97. The summed E-state index contributed by atoms with van der Waals surface area (Å²) in [5.41, 5.74) is 0.368. The van der Waals surface area contributed by atoms with Crippen LogP contribution < -0.4 is 9.64 Å². The molecular formula is C21H26F3N3O. The van der Waals surface area contributed by atoms with Crippen LogP contribution in [0.5, 0.6) is 6.01 Å². The summed E-state index contributed by atoms with van der Waals surface area (Å²) in [7, 11) is 1.57. The molecule has 0 atom stereocenters. The number of nitrogens with zero attached hydrogens (tertiary/aromatic N) is 3. The van der Waals surface area contributed by atoms with Gasteiger partial charge in [0.2, 0.25) is 0 Å². The van der Waals surface area contributed by atoms with Crippen LogP contribution >= 0.6 is 0 Å². The molecule has 0 amide bonds. The van der Waals surface area contributed by atoms with Gasteiger partial charge in [0.15, 0.2) is 5.82 Å². The van der Waals surface area contributed by atoms with Gasteiger partial charge in [-0.05, 0) is 57.2 Å². The molecule has 1 aromatic carbocycles. The third kappa shape index (κ3) is 4.75. The highest BCUT2D eigenvalue weighted by atomic mass is 19.4. The minimum Gasteiger partial charge on any atom is -0.458 e. The van der Waals surface area contributed by atoms with Crippen molar-refractivity contribution in [1.29, 1.82) is 0 Å². The molecule has 1 fully saturated rings. The van der Waals surface area contributed by atoms with E-state index in [-0.39, 0.29) is 11.8 Å². The lowest BCUT2D eigenvalue weighted by Gasteiger charge is -2.25. The minimum absolute atomic E-state index is 0.0788. The van der Waals surface area contributed by atoms with Gasteiger partial charge in [0.1, 0.15) is 11.2 Å². The summed E-state index contributed by atoms with van der Waals surface area (Å²) in [4.78, 5) is 9.26. The van der Waals surface area contributed by atoms with Crippen LogP contribution in [0.4, 0.5) is 24.7 Å². The van der Waals surface area contributed by atoms with E-state index in [1.54, 1.807) is 27.8 Å². The van der Waals surface area contributed by atoms with E-state index in [4.69, 9.17) is 4.74 Å². The first-order valence-corrected chi connectivity index (χ1v) is 9.51. The molecular weight excluding hydrogens is 367 g/mol. The van der Waals surface area contributed by atoms with Crippen LogP contribution in [0, 0.1) is 0 Å². The quantitative estimate of drug-likeness (QED) is 0.629. The van der Waals surface area contributed by atoms with Crippen molar-refractivity contribution in [2.24, 2.45) is 0 Å². The average molecular weight is 393 g/mol. The number of ether oxygens (including phenoxy) is 1. The molecule has 0 radical (unpaired) electrons. The summed E-state index contributed by atoms with van der Waals surface area (Å²) >= 11 is 0. The van der Waals surface area contributed by atoms with E-state index in [1.165, 1.54) is 36.1 Å². The summed E-state index contributed by atoms with van der Waals surface area (Å²) in [5, 5.41) is 0. The highest BCUT2D eigenvalue weighted by Crippen LogP contribution is 2.39. The third-order valence-electron chi connectivity index (χ3n) is 4.87. The molecule has 0 bridgehead atoms. The molecule has 28 heavy (non-hydrogen) atoms. The second-order valence-corrected chi connectivity index (χ2v) is 8.23. The number of alkyl halides is 3. The van der Waals surface area contributed by atoms with Gasteiger partial charge < -0.3 is 9.64 Å². The zero-order chi connectivity index (χ0) is 20.5. The van der Waals surface area contributed by atoms with Crippen LogP contribution in [0.25, 0.3) is 0 Å². The molecule has 1 saturated carbocycles. The molecule has 0 aliphatic heterocycles. The first kappa shape index (κ1) is 20.4. The maximum Gasteiger partial charge on any atom is 0.421 e. The summed E-state index contributed by atoms with van der Waals surface area (Å²) in [6, 6.07) is 7.62. The van der Waals surface area contributed by atoms with Crippen molar-refractivity contribution >= 4 is 11.5 Å².